The molecule has 62 valence electrons. The van der Waals surface area contributed by atoms with Crippen molar-refractivity contribution in [2.75, 3.05) is 0 Å². The standard InChI is InChI=1S/C6H8ClNO2S/c7-11(9,10)6-2-1-5(3-6)4-8/h5-6H,1-3H2/t5-,6-/m0/s1. The SMILES string of the molecule is N#C[C@H]1CC[C@H](S(=O)(=O)Cl)C1. The molecule has 0 saturated heterocycles. The van der Waals surface area contributed by atoms with Crippen LogP contribution in [-0.2, 0) is 9.05 Å². The van der Waals surface area contributed by atoms with Crippen LogP contribution in [0.25, 0.3) is 0 Å². The molecule has 0 heterocycles. The normalized spacial score (nSPS) is 31.6. The van der Waals surface area contributed by atoms with E-state index in [0.717, 1.165) is 0 Å². The van der Waals surface area contributed by atoms with Crippen molar-refractivity contribution in [1.82, 2.24) is 0 Å². The zero-order chi connectivity index (χ0) is 8.48. The highest BCUT2D eigenvalue weighted by Crippen LogP contribution is 2.31. The van der Waals surface area contributed by atoms with Gasteiger partial charge in [0, 0.05) is 16.6 Å². The molecule has 1 aliphatic carbocycles. The fourth-order valence-corrected chi connectivity index (χ4v) is 2.68. The molecule has 1 rings (SSSR count). The van der Waals surface area contributed by atoms with Gasteiger partial charge in [-0.25, -0.2) is 8.42 Å². The van der Waals surface area contributed by atoms with Crippen molar-refractivity contribution in [2.24, 2.45) is 5.92 Å². The fraction of sp³-hybridized carbons (Fsp3) is 0.833. The molecule has 1 aliphatic rings. The molecule has 0 aromatic carbocycles. The molecule has 2 atom stereocenters. The third-order valence-electron chi connectivity index (χ3n) is 1.97. The molecular formula is C6H8ClNO2S. The Kier molecular flexibility index (Phi) is 2.40. The highest BCUT2D eigenvalue weighted by Gasteiger charge is 2.32. The van der Waals surface area contributed by atoms with Crippen LogP contribution in [-0.4, -0.2) is 13.7 Å². The highest BCUT2D eigenvalue weighted by atomic mass is 35.7. The van der Waals surface area contributed by atoms with E-state index in [0.29, 0.717) is 19.3 Å². The summed E-state index contributed by atoms with van der Waals surface area (Å²) in [5.74, 6) is -0.117. The zero-order valence-electron chi connectivity index (χ0n) is 5.83. The molecule has 1 saturated carbocycles. The number of halogens is 1. The Labute approximate surface area is 70.4 Å². The van der Waals surface area contributed by atoms with Gasteiger partial charge in [0.05, 0.1) is 11.3 Å². The summed E-state index contributed by atoms with van der Waals surface area (Å²) in [7, 11) is 1.70. The Morgan fingerprint density at radius 1 is 1.45 bits per heavy atom. The van der Waals surface area contributed by atoms with E-state index in [1.54, 1.807) is 0 Å². The Hall–Kier alpha value is -0.270. The second-order valence-corrected chi connectivity index (χ2v) is 5.64. The summed E-state index contributed by atoms with van der Waals surface area (Å²) in [5.41, 5.74) is 0. The summed E-state index contributed by atoms with van der Waals surface area (Å²) >= 11 is 0. The van der Waals surface area contributed by atoms with Crippen LogP contribution in [0.5, 0.6) is 0 Å². The van der Waals surface area contributed by atoms with Crippen LogP contribution in [0.15, 0.2) is 0 Å². The van der Waals surface area contributed by atoms with Crippen molar-refractivity contribution in [3.8, 4) is 6.07 Å². The van der Waals surface area contributed by atoms with Crippen molar-refractivity contribution >= 4 is 19.7 Å². The maximum atomic E-state index is 10.8. The average molecular weight is 194 g/mol. The third kappa shape index (κ3) is 2.08. The molecule has 0 aromatic rings. The topological polar surface area (TPSA) is 57.9 Å². The monoisotopic (exact) mass is 193 g/mol. The van der Waals surface area contributed by atoms with E-state index in [1.807, 2.05) is 6.07 Å². The van der Waals surface area contributed by atoms with Gasteiger partial charge in [-0.3, -0.25) is 0 Å². The van der Waals surface area contributed by atoms with Gasteiger partial charge in [-0.15, -0.1) is 0 Å². The molecular weight excluding hydrogens is 186 g/mol. The summed E-state index contributed by atoms with van der Waals surface area (Å²) in [5, 5.41) is 7.97. The number of hydrogen-bond donors (Lipinski definition) is 0. The lowest BCUT2D eigenvalue weighted by Crippen LogP contribution is -2.11. The van der Waals surface area contributed by atoms with E-state index >= 15 is 0 Å². The van der Waals surface area contributed by atoms with E-state index in [1.165, 1.54) is 0 Å². The smallest absolute Gasteiger partial charge is 0.212 e. The van der Waals surface area contributed by atoms with Gasteiger partial charge in [-0.1, -0.05) is 0 Å². The quantitative estimate of drug-likeness (QED) is 0.589. The number of nitriles is 1. The maximum absolute atomic E-state index is 10.8. The lowest BCUT2D eigenvalue weighted by molar-refractivity contribution is 0.592. The summed E-state index contributed by atoms with van der Waals surface area (Å²) in [6.45, 7) is 0. The second kappa shape index (κ2) is 3.00. The largest absolute Gasteiger partial charge is 0.235 e. The zero-order valence-corrected chi connectivity index (χ0v) is 7.40. The predicted molar refractivity (Wildman–Crippen MR) is 41.5 cm³/mol. The summed E-state index contributed by atoms with van der Waals surface area (Å²) in [6.07, 6.45) is 1.60. The molecule has 0 bridgehead atoms. The molecule has 1 fully saturated rings. The molecule has 0 spiro atoms. The minimum absolute atomic E-state index is 0.117. The van der Waals surface area contributed by atoms with Gasteiger partial charge in [0.25, 0.3) is 0 Å². The van der Waals surface area contributed by atoms with Crippen molar-refractivity contribution in [2.45, 2.75) is 24.5 Å². The van der Waals surface area contributed by atoms with Crippen LogP contribution >= 0.6 is 10.7 Å². The predicted octanol–water partition coefficient (Wildman–Crippen LogP) is 1.25. The van der Waals surface area contributed by atoms with E-state index in [9.17, 15) is 8.42 Å². The Morgan fingerprint density at radius 3 is 2.36 bits per heavy atom. The van der Waals surface area contributed by atoms with Gasteiger partial charge in [-0.2, -0.15) is 5.26 Å². The molecule has 5 heteroatoms. The second-order valence-electron chi connectivity index (χ2n) is 2.74. The molecule has 0 amide bonds. The van der Waals surface area contributed by atoms with Crippen LogP contribution in [0.2, 0.25) is 0 Å². The summed E-state index contributed by atoms with van der Waals surface area (Å²) in [6, 6.07) is 2.04. The van der Waals surface area contributed by atoms with E-state index in [4.69, 9.17) is 15.9 Å². The molecule has 0 radical (unpaired) electrons. The van der Waals surface area contributed by atoms with Crippen LogP contribution in [0, 0.1) is 17.2 Å². The molecule has 0 unspecified atom stereocenters. The summed E-state index contributed by atoms with van der Waals surface area (Å²) in [4.78, 5) is 0. The van der Waals surface area contributed by atoms with Gasteiger partial charge >= 0.3 is 0 Å². The van der Waals surface area contributed by atoms with Crippen molar-refractivity contribution in [3.05, 3.63) is 0 Å². The lowest BCUT2D eigenvalue weighted by Gasteiger charge is -2.01. The Bertz CT molecular complexity index is 279. The number of nitrogens with zero attached hydrogens (tertiary/aromatic N) is 1. The number of hydrogen-bond acceptors (Lipinski definition) is 3. The molecule has 0 aliphatic heterocycles. The maximum Gasteiger partial charge on any atom is 0.235 e. The minimum atomic E-state index is -3.42. The van der Waals surface area contributed by atoms with E-state index < -0.39 is 14.3 Å². The van der Waals surface area contributed by atoms with Gasteiger partial charge in [0.1, 0.15) is 0 Å². The van der Waals surface area contributed by atoms with Crippen LogP contribution < -0.4 is 0 Å². The lowest BCUT2D eigenvalue weighted by atomic mass is 10.1. The number of rotatable bonds is 1. The van der Waals surface area contributed by atoms with Gasteiger partial charge in [-0.05, 0) is 19.3 Å². The van der Waals surface area contributed by atoms with Crippen molar-refractivity contribution < 1.29 is 8.42 Å². The highest BCUT2D eigenvalue weighted by molar-refractivity contribution is 8.14. The van der Waals surface area contributed by atoms with Crippen molar-refractivity contribution in [3.63, 3.8) is 0 Å². The van der Waals surface area contributed by atoms with Gasteiger partial charge in [0.2, 0.25) is 9.05 Å². The molecule has 11 heavy (non-hydrogen) atoms. The van der Waals surface area contributed by atoms with Crippen LogP contribution in [0.3, 0.4) is 0 Å². The Balaban J connectivity index is 2.64. The van der Waals surface area contributed by atoms with E-state index in [-0.39, 0.29) is 5.92 Å². The molecule has 0 aromatic heterocycles. The first-order valence-corrected chi connectivity index (χ1v) is 5.74. The van der Waals surface area contributed by atoms with E-state index in [2.05, 4.69) is 0 Å². The third-order valence-corrected chi connectivity index (χ3v) is 3.95. The van der Waals surface area contributed by atoms with Gasteiger partial charge in [0.15, 0.2) is 0 Å². The van der Waals surface area contributed by atoms with Gasteiger partial charge < -0.3 is 0 Å². The van der Waals surface area contributed by atoms with Crippen LogP contribution in [0.4, 0.5) is 0 Å². The Morgan fingerprint density at radius 2 is 2.09 bits per heavy atom. The first-order valence-electron chi connectivity index (χ1n) is 3.37. The van der Waals surface area contributed by atoms with Crippen LogP contribution in [0.1, 0.15) is 19.3 Å². The summed E-state index contributed by atoms with van der Waals surface area (Å²) < 4.78 is 21.5. The first-order chi connectivity index (χ1) is 5.04. The minimum Gasteiger partial charge on any atom is -0.212 e. The fourth-order valence-electron chi connectivity index (χ4n) is 1.31. The molecule has 0 N–H and O–H groups in total. The van der Waals surface area contributed by atoms with Crippen molar-refractivity contribution in [1.29, 1.82) is 5.26 Å². The first kappa shape index (κ1) is 8.82. The average Bonchev–Trinajstić information content (AvgIpc) is 2.32. The molecule has 3 nitrogen and oxygen atoms in total.